The molecule has 0 unspecified atom stereocenters. The van der Waals surface area contributed by atoms with Gasteiger partial charge in [-0.1, -0.05) is 42.5 Å². The molecule has 0 aliphatic carbocycles. The SMILES string of the molecule is O=[N+]([O-])c1cc(CNc2cccc3ccccc23)ccc1N1CCOCC1. The number of hydrogen-bond donors (Lipinski definition) is 1. The first-order chi connectivity index (χ1) is 13.2. The number of nitro groups is 1. The third-order valence-corrected chi connectivity index (χ3v) is 4.86. The maximum atomic E-state index is 11.6. The zero-order valence-electron chi connectivity index (χ0n) is 14.9. The first-order valence-electron chi connectivity index (χ1n) is 9.04. The van der Waals surface area contributed by atoms with Crippen molar-refractivity contribution in [2.24, 2.45) is 0 Å². The second kappa shape index (κ2) is 7.63. The van der Waals surface area contributed by atoms with Crippen molar-refractivity contribution in [3.63, 3.8) is 0 Å². The smallest absolute Gasteiger partial charge is 0.292 e. The van der Waals surface area contributed by atoms with Crippen LogP contribution in [0.5, 0.6) is 0 Å². The molecule has 6 heteroatoms. The van der Waals surface area contributed by atoms with Crippen molar-refractivity contribution in [2.45, 2.75) is 6.54 Å². The minimum absolute atomic E-state index is 0.147. The molecule has 4 rings (SSSR count). The van der Waals surface area contributed by atoms with Gasteiger partial charge in [-0.3, -0.25) is 10.1 Å². The number of nitrogens with zero attached hydrogens (tertiary/aromatic N) is 2. The zero-order chi connectivity index (χ0) is 18.6. The summed E-state index contributed by atoms with van der Waals surface area (Å²) in [6, 6.07) is 19.7. The molecule has 0 bridgehead atoms. The van der Waals surface area contributed by atoms with Gasteiger partial charge < -0.3 is 15.0 Å². The van der Waals surface area contributed by atoms with Gasteiger partial charge in [0.25, 0.3) is 5.69 Å². The normalized spacial score (nSPS) is 14.3. The first kappa shape index (κ1) is 17.3. The molecule has 0 amide bonds. The minimum Gasteiger partial charge on any atom is -0.380 e. The van der Waals surface area contributed by atoms with Gasteiger partial charge in [-0.2, -0.15) is 0 Å². The summed E-state index contributed by atoms with van der Waals surface area (Å²) in [5.74, 6) is 0. The maximum absolute atomic E-state index is 11.6. The lowest BCUT2D eigenvalue weighted by Crippen LogP contribution is -2.36. The molecule has 3 aromatic carbocycles. The van der Waals surface area contributed by atoms with Crippen molar-refractivity contribution in [1.82, 2.24) is 0 Å². The van der Waals surface area contributed by atoms with E-state index in [1.807, 2.05) is 41.3 Å². The summed E-state index contributed by atoms with van der Waals surface area (Å²) >= 11 is 0. The Morgan fingerprint density at radius 1 is 1.04 bits per heavy atom. The fraction of sp³-hybridized carbons (Fsp3) is 0.238. The Balaban J connectivity index is 1.57. The van der Waals surface area contributed by atoms with Gasteiger partial charge in [0.2, 0.25) is 0 Å². The predicted molar refractivity (Wildman–Crippen MR) is 107 cm³/mol. The lowest BCUT2D eigenvalue weighted by atomic mass is 10.1. The van der Waals surface area contributed by atoms with Gasteiger partial charge in [-0.05, 0) is 23.1 Å². The van der Waals surface area contributed by atoms with Crippen molar-refractivity contribution in [3.05, 3.63) is 76.3 Å². The minimum atomic E-state index is -0.299. The summed E-state index contributed by atoms with van der Waals surface area (Å²) < 4.78 is 5.35. The second-order valence-electron chi connectivity index (χ2n) is 6.56. The summed E-state index contributed by atoms with van der Waals surface area (Å²) in [6.07, 6.45) is 0. The number of rotatable bonds is 5. The van der Waals surface area contributed by atoms with Crippen LogP contribution in [-0.2, 0) is 11.3 Å². The summed E-state index contributed by atoms with van der Waals surface area (Å²) in [5, 5.41) is 17.3. The number of benzene rings is 3. The topological polar surface area (TPSA) is 67.6 Å². The van der Waals surface area contributed by atoms with E-state index in [1.165, 1.54) is 0 Å². The lowest BCUT2D eigenvalue weighted by Gasteiger charge is -2.28. The summed E-state index contributed by atoms with van der Waals surface area (Å²) in [6.45, 7) is 3.07. The highest BCUT2D eigenvalue weighted by molar-refractivity contribution is 5.93. The quantitative estimate of drug-likeness (QED) is 0.544. The highest BCUT2D eigenvalue weighted by atomic mass is 16.6. The van der Waals surface area contributed by atoms with E-state index in [2.05, 4.69) is 23.5 Å². The number of hydrogen-bond acceptors (Lipinski definition) is 5. The van der Waals surface area contributed by atoms with E-state index in [0.717, 1.165) is 22.0 Å². The molecule has 1 aliphatic rings. The molecule has 0 aromatic heterocycles. The molecule has 1 saturated heterocycles. The van der Waals surface area contributed by atoms with Crippen molar-refractivity contribution in [3.8, 4) is 0 Å². The van der Waals surface area contributed by atoms with E-state index in [9.17, 15) is 10.1 Å². The Morgan fingerprint density at radius 2 is 1.81 bits per heavy atom. The molecule has 1 N–H and O–H groups in total. The van der Waals surface area contributed by atoms with Crippen LogP contribution in [0.3, 0.4) is 0 Å². The van der Waals surface area contributed by atoms with Gasteiger partial charge in [0.15, 0.2) is 0 Å². The molecule has 138 valence electrons. The van der Waals surface area contributed by atoms with E-state index in [-0.39, 0.29) is 10.6 Å². The Hall–Kier alpha value is -3.12. The van der Waals surface area contributed by atoms with Crippen LogP contribution in [0.25, 0.3) is 10.8 Å². The molecule has 1 aliphatic heterocycles. The third-order valence-electron chi connectivity index (χ3n) is 4.86. The number of ether oxygens (including phenoxy) is 1. The van der Waals surface area contributed by atoms with Crippen LogP contribution < -0.4 is 10.2 Å². The maximum Gasteiger partial charge on any atom is 0.292 e. The Kier molecular flexibility index (Phi) is 4.89. The van der Waals surface area contributed by atoms with Gasteiger partial charge in [0, 0.05) is 36.8 Å². The monoisotopic (exact) mass is 363 g/mol. The molecule has 1 heterocycles. The van der Waals surface area contributed by atoms with E-state index in [4.69, 9.17) is 4.74 Å². The van der Waals surface area contributed by atoms with Crippen molar-refractivity contribution < 1.29 is 9.66 Å². The summed E-state index contributed by atoms with van der Waals surface area (Å²) in [7, 11) is 0. The van der Waals surface area contributed by atoms with Gasteiger partial charge in [-0.25, -0.2) is 0 Å². The van der Waals surface area contributed by atoms with E-state index >= 15 is 0 Å². The number of fused-ring (bicyclic) bond motifs is 1. The number of morpholine rings is 1. The average Bonchev–Trinajstić information content (AvgIpc) is 2.72. The summed E-state index contributed by atoms with van der Waals surface area (Å²) in [5.41, 5.74) is 2.71. The molecule has 3 aromatic rings. The molecule has 1 fully saturated rings. The Morgan fingerprint density at radius 3 is 2.63 bits per heavy atom. The summed E-state index contributed by atoms with van der Waals surface area (Å²) in [4.78, 5) is 13.3. The number of anilines is 2. The van der Waals surface area contributed by atoms with Gasteiger partial charge >= 0.3 is 0 Å². The van der Waals surface area contributed by atoms with E-state index < -0.39 is 0 Å². The highest BCUT2D eigenvalue weighted by Gasteiger charge is 2.21. The fourth-order valence-corrected chi connectivity index (χ4v) is 3.47. The van der Waals surface area contributed by atoms with Crippen LogP contribution >= 0.6 is 0 Å². The molecule has 0 radical (unpaired) electrons. The molecule has 6 nitrogen and oxygen atoms in total. The molecule has 0 saturated carbocycles. The zero-order valence-corrected chi connectivity index (χ0v) is 14.9. The van der Waals surface area contributed by atoms with Crippen LogP contribution in [-0.4, -0.2) is 31.2 Å². The molecular formula is C21H21N3O3. The van der Waals surface area contributed by atoms with Crippen molar-refractivity contribution >= 4 is 27.8 Å². The number of nitro benzene ring substituents is 1. The second-order valence-corrected chi connectivity index (χ2v) is 6.56. The molecular weight excluding hydrogens is 342 g/mol. The van der Waals surface area contributed by atoms with Crippen LogP contribution in [0.2, 0.25) is 0 Å². The standard InChI is InChI=1S/C21H21N3O3/c25-24(26)21-14-16(8-9-20(21)23-10-12-27-13-11-23)15-22-19-7-3-5-17-4-1-2-6-18(17)19/h1-9,14,22H,10-13,15H2. The molecule has 0 atom stereocenters. The van der Waals surface area contributed by atoms with Crippen molar-refractivity contribution in [1.29, 1.82) is 0 Å². The van der Waals surface area contributed by atoms with E-state index in [0.29, 0.717) is 38.5 Å². The van der Waals surface area contributed by atoms with Crippen LogP contribution in [0.15, 0.2) is 60.7 Å². The van der Waals surface area contributed by atoms with Crippen LogP contribution in [0.4, 0.5) is 17.1 Å². The predicted octanol–water partition coefficient (Wildman–Crippen LogP) is 4.20. The van der Waals surface area contributed by atoms with Gasteiger partial charge in [0.1, 0.15) is 5.69 Å². The van der Waals surface area contributed by atoms with E-state index in [1.54, 1.807) is 6.07 Å². The lowest BCUT2D eigenvalue weighted by molar-refractivity contribution is -0.384. The largest absolute Gasteiger partial charge is 0.380 e. The Bertz CT molecular complexity index is 963. The highest BCUT2D eigenvalue weighted by Crippen LogP contribution is 2.30. The number of nitrogens with one attached hydrogen (secondary N) is 1. The fourth-order valence-electron chi connectivity index (χ4n) is 3.47. The van der Waals surface area contributed by atoms with Crippen LogP contribution in [0, 0.1) is 10.1 Å². The van der Waals surface area contributed by atoms with Crippen molar-refractivity contribution in [2.75, 3.05) is 36.5 Å². The molecule has 0 spiro atoms. The first-order valence-corrected chi connectivity index (χ1v) is 9.04. The molecule has 27 heavy (non-hydrogen) atoms. The van der Waals surface area contributed by atoms with Crippen LogP contribution in [0.1, 0.15) is 5.56 Å². The Labute approximate surface area is 157 Å². The average molecular weight is 363 g/mol. The van der Waals surface area contributed by atoms with Gasteiger partial charge in [0.05, 0.1) is 18.1 Å². The third kappa shape index (κ3) is 3.71. The van der Waals surface area contributed by atoms with Gasteiger partial charge in [-0.15, -0.1) is 0 Å².